The predicted molar refractivity (Wildman–Crippen MR) is 70.7 cm³/mol. The van der Waals surface area contributed by atoms with Crippen LogP contribution >= 0.6 is 0 Å². The predicted octanol–water partition coefficient (Wildman–Crippen LogP) is 2.03. The molecule has 1 aliphatic heterocycles. The van der Waals surface area contributed by atoms with Crippen molar-refractivity contribution in [3.8, 4) is 0 Å². The van der Waals surface area contributed by atoms with Crippen LogP contribution in [0.1, 0.15) is 51.7 Å². The van der Waals surface area contributed by atoms with E-state index in [1.165, 1.54) is 6.42 Å². The molecule has 0 spiro atoms. The van der Waals surface area contributed by atoms with E-state index < -0.39 is 11.7 Å². The molecule has 0 aromatic carbocycles. The van der Waals surface area contributed by atoms with Crippen LogP contribution in [0.15, 0.2) is 0 Å². The number of aryl methyl sites for hydroxylation is 1. The minimum absolute atomic E-state index is 0.363. The molecule has 2 rings (SSSR count). The summed E-state index contributed by atoms with van der Waals surface area (Å²) in [6.07, 6.45) is 4.09. The molecule has 6 heteroatoms. The molecule has 1 N–H and O–H groups in total. The van der Waals surface area contributed by atoms with Gasteiger partial charge in [0.25, 0.3) is 0 Å². The molecule has 0 aliphatic carbocycles. The molecule has 1 aromatic rings. The van der Waals surface area contributed by atoms with Crippen molar-refractivity contribution < 1.29 is 9.53 Å². The van der Waals surface area contributed by atoms with Crippen molar-refractivity contribution in [3.05, 3.63) is 11.6 Å². The van der Waals surface area contributed by atoms with Crippen LogP contribution in [-0.2, 0) is 24.2 Å². The first-order chi connectivity index (χ1) is 8.96. The van der Waals surface area contributed by atoms with E-state index in [0.29, 0.717) is 6.54 Å². The summed E-state index contributed by atoms with van der Waals surface area (Å²) in [7, 11) is 0. The Bertz CT molecular complexity index is 448. The summed E-state index contributed by atoms with van der Waals surface area (Å²) in [5, 5.41) is 11.1. The number of nitrogens with zero attached hydrogens (tertiary/aromatic N) is 3. The average Bonchev–Trinajstić information content (AvgIpc) is 2.53. The van der Waals surface area contributed by atoms with Gasteiger partial charge in [-0.3, -0.25) is 0 Å². The average molecular weight is 266 g/mol. The molecule has 2 heterocycles. The number of aromatic nitrogens is 3. The number of carbonyl (C=O) groups excluding carboxylic acids is 1. The van der Waals surface area contributed by atoms with Gasteiger partial charge >= 0.3 is 6.09 Å². The molecule has 0 fully saturated rings. The molecule has 19 heavy (non-hydrogen) atoms. The zero-order valence-corrected chi connectivity index (χ0v) is 11.9. The Morgan fingerprint density at radius 3 is 2.84 bits per heavy atom. The zero-order valence-electron chi connectivity index (χ0n) is 11.9. The zero-order chi connectivity index (χ0) is 13.9. The maximum absolute atomic E-state index is 11.6. The molecule has 0 unspecified atom stereocenters. The van der Waals surface area contributed by atoms with Gasteiger partial charge in [0.05, 0.1) is 6.54 Å². The van der Waals surface area contributed by atoms with E-state index in [1.54, 1.807) is 0 Å². The molecule has 0 saturated heterocycles. The van der Waals surface area contributed by atoms with Crippen molar-refractivity contribution in [1.82, 2.24) is 20.1 Å². The van der Waals surface area contributed by atoms with E-state index in [0.717, 1.165) is 37.5 Å². The van der Waals surface area contributed by atoms with E-state index in [-0.39, 0.29) is 0 Å². The van der Waals surface area contributed by atoms with Gasteiger partial charge in [-0.25, -0.2) is 4.79 Å². The van der Waals surface area contributed by atoms with Crippen LogP contribution in [-0.4, -0.2) is 26.5 Å². The van der Waals surface area contributed by atoms with Crippen molar-refractivity contribution in [2.75, 3.05) is 0 Å². The van der Waals surface area contributed by atoms with E-state index in [4.69, 9.17) is 4.74 Å². The number of amides is 1. The van der Waals surface area contributed by atoms with Gasteiger partial charge < -0.3 is 14.6 Å². The fraction of sp³-hybridized carbons (Fsp3) is 0.769. The summed E-state index contributed by atoms with van der Waals surface area (Å²) in [5.41, 5.74) is -0.480. The van der Waals surface area contributed by atoms with Gasteiger partial charge in [0.2, 0.25) is 0 Å². The largest absolute Gasteiger partial charge is 0.444 e. The van der Waals surface area contributed by atoms with Crippen LogP contribution in [0.4, 0.5) is 4.79 Å². The summed E-state index contributed by atoms with van der Waals surface area (Å²) >= 11 is 0. The first-order valence-electron chi connectivity index (χ1n) is 6.83. The van der Waals surface area contributed by atoms with Gasteiger partial charge in [0.1, 0.15) is 11.4 Å². The highest BCUT2D eigenvalue weighted by Crippen LogP contribution is 2.14. The van der Waals surface area contributed by atoms with Crippen LogP contribution in [0, 0.1) is 0 Å². The Morgan fingerprint density at radius 1 is 1.32 bits per heavy atom. The van der Waals surface area contributed by atoms with Crippen molar-refractivity contribution in [2.45, 2.75) is 65.1 Å². The second-order valence-electron chi connectivity index (χ2n) is 5.85. The number of nitrogens with one attached hydrogen (secondary N) is 1. The number of hydrogen-bond acceptors (Lipinski definition) is 4. The van der Waals surface area contributed by atoms with Gasteiger partial charge in [-0.15, -0.1) is 10.2 Å². The third-order valence-electron chi connectivity index (χ3n) is 2.98. The van der Waals surface area contributed by atoms with Crippen molar-refractivity contribution in [1.29, 1.82) is 0 Å². The second kappa shape index (κ2) is 5.59. The Morgan fingerprint density at radius 2 is 2.11 bits per heavy atom. The van der Waals surface area contributed by atoms with Crippen LogP contribution in [0.2, 0.25) is 0 Å². The lowest BCUT2D eigenvalue weighted by atomic mass is 10.2. The molecular weight excluding hydrogens is 244 g/mol. The van der Waals surface area contributed by atoms with E-state index >= 15 is 0 Å². The lowest BCUT2D eigenvalue weighted by Gasteiger charge is -2.19. The number of fused-ring (bicyclic) bond motifs is 1. The molecular formula is C13H22N4O2. The molecule has 0 bridgehead atoms. The molecule has 6 nitrogen and oxygen atoms in total. The Hall–Kier alpha value is -1.59. The second-order valence-corrected chi connectivity index (χ2v) is 5.85. The monoisotopic (exact) mass is 266 g/mol. The first-order valence-corrected chi connectivity index (χ1v) is 6.83. The molecule has 1 aromatic heterocycles. The van der Waals surface area contributed by atoms with Crippen LogP contribution < -0.4 is 5.32 Å². The van der Waals surface area contributed by atoms with Crippen LogP contribution in [0.5, 0.6) is 0 Å². The fourth-order valence-electron chi connectivity index (χ4n) is 2.14. The Kier molecular flexibility index (Phi) is 4.07. The quantitative estimate of drug-likeness (QED) is 0.889. The molecule has 0 saturated carbocycles. The number of ether oxygens (including phenoxy) is 1. The lowest BCUT2D eigenvalue weighted by molar-refractivity contribution is 0.0521. The number of carbonyl (C=O) groups is 1. The lowest BCUT2D eigenvalue weighted by Crippen LogP contribution is -2.32. The number of rotatable bonds is 2. The highest BCUT2D eigenvalue weighted by Gasteiger charge is 2.18. The Balaban J connectivity index is 1.93. The van der Waals surface area contributed by atoms with Crippen LogP contribution in [0.25, 0.3) is 0 Å². The summed E-state index contributed by atoms with van der Waals surface area (Å²) in [6.45, 7) is 6.83. The fourth-order valence-corrected chi connectivity index (χ4v) is 2.14. The topological polar surface area (TPSA) is 69.0 Å². The Labute approximate surface area is 113 Å². The van der Waals surface area contributed by atoms with Gasteiger partial charge in [0, 0.05) is 13.0 Å². The van der Waals surface area contributed by atoms with Gasteiger partial charge in [-0.1, -0.05) is 6.42 Å². The first kappa shape index (κ1) is 13.8. The summed E-state index contributed by atoms with van der Waals surface area (Å²) in [4.78, 5) is 11.6. The molecule has 1 amide bonds. The van der Waals surface area contributed by atoms with Gasteiger partial charge in [-0.2, -0.15) is 0 Å². The van der Waals surface area contributed by atoms with Gasteiger partial charge in [0.15, 0.2) is 5.82 Å². The van der Waals surface area contributed by atoms with E-state index in [1.807, 2.05) is 20.8 Å². The minimum atomic E-state index is -0.480. The third kappa shape index (κ3) is 3.94. The highest BCUT2D eigenvalue weighted by molar-refractivity contribution is 5.67. The van der Waals surface area contributed by atoms with Crippen molar-refractivity contribution in [3.63, 3.8) is 0 Å². The van der Waals surface area contributed by atoms with Crippen LogP contribution in [0.3, 0.4) is 0 Å². The number of alkyl carbamates (subject to hydrolysis) is 1. The minimum Gasteiger partial charge on any atom is -0.444 e. The third-order valence-corrected chi connectivity index (χ3v) is 2.98. The SMILES string of the molecule is CC(C)(C)OC(=O)NCc1nnc2n1CCCCC2. The van der Waals surface area contributed by atoms with E-state index in [9.17, 15) is 4.79 Å². The summed E-state index contributed by atoms with van der Waals surface area (Å²) in [6, 6.07) is 0. The maximum Gasteiger partial charge on any atom is 0.408 e. The number of hydrogen-bond donors (Lipinski definition) is 1. The molecule has 0 atom stereocenters. The normalized spacial score (nSPS) is 15.5. The van der Waals surface area contributed by atoms with Crippen molar-refractivity contribution in [2.24, 2.45) is 0 Å². The molecule has 1 aliphatic rings. The van der Waals surface area contributed by atoms with E-state index in [2.05, 4.69) is 20.1 Å². The molecule has 106 valence electrons. The standard InChI is InChI=1S/C13H22N4O2/c1-13(2,3)19-12(18)14-9-11-16-15-10-7-5-4-6-8-17(10)11/h4-9H2,1-3H3,(H,14,18). The highest BCUT2D eigenvalue weighted by atomic mass is 16.6. The summed E-state index contributed by atoms with van der Waals surface area (Å²) in [5.74, 6) is 1.83. The van der Waals surface area contributed by atoms with Crippen molar-refractivity contribution >= 4 is 6.09 Å². The maximum atomic E-state index is 11.6. The smallest absolute Gasteiger partial charge is 0.408 e. The summed E-state index contributed by atoms with van der Waals surface area (Å²) < 4.78 is 7.31. The van der Waals surface area contributed by atoms with Gasteiger partial charge in [-0.05, 0) is 33.6 Å². The molecule has 0 radical (unpaired) electrons.